The van der Waals surface area contributed by atoms with Crippen LogP contribution in [0.2, 0.25) is 0 Å². The standard InChI is InChI=1S/C5H13N2O3P/c1-3(6)5(8)7-4(2)11(9)10/h3-4,9-10H,6H2,1-2H3,(H,7,8)/t3-,4-/m0/s1. The monoisotopic (exact) mass is 180 g/mol. The molecule has 6 heteroatoms. The number of nitrogens with one attached hydrogen (secondary N) is 1. The maximum Gasteiger partial charge on any atom is 0.237 e. The van der Waals surface area contributed by atoms with Crippen molar-refractivity contribution >= 4 is 14.3 Å². The Hall–Kier alpha value is -0.220. The normalized spacial score (nSPS) is 16.2. The van der Waals surface area contributed by atoms with Gasteiger partial charge < -0.3 is 20.8 Å². The number of hydrogen-bond acceptors (Lipinski definition) is 4. The van der Waals surface area contributed by atoms with Gasteiger partial charge >= 0.3 is 0 Å². The van der Waals surface area contributed by atoms with E-state index in [-0.39, 0.29) is 5.91 Å². The minimum absolute atomic E-state index is 0.381. The Morgan fingerprint density at radius 2 is 2.00 bits per heavy atom. The lowest BCUT2D eigenvalue weighted by molar-refractivity contribution is -0.122. The van der Waals surface area contributed by atoms with E-state index < -0.39 is 20.2 Å². The quantitative estimate of drug-likeness (QED) is 0.423. The van der Waals surface area contributed by atoms with Crippen molar-refractivity contribution in [1.29, 1.82) is 0 Å². The molecule has 0 aliphatic rings. The molecule has 0 spiro atoms. The molecule has 0 aromatic heterocycles. The minimum atomic E-state index is -2.11. The molecule has 5 nitrogen and oxygen atoms in total. The summed E-state index contributed by atoms with van der Waals surface area (Å²) < 4.78 is 0. The Bertz CT molecular complexity index is 140. The zero-order chi connectivity index (χ0) is 9.02. The number of carbonyl (C=O) groups excluding carboxylic acids is 1. The van der Waals surface area contributed by atoms with Gasteiger partial charge in [-0.2, -0.15) is 0 Å². The van der Waals surface area contributed by atoms with Gasteiger partial charge in [-0.15, -0.1) is 0 Å². The zero-order valence-electron chi connectivity index (χ0n) is 6.48. The minimum Gasteiger partial charge on any atom is -0.349 e. The second-order valence-corrected chi connectivity index (χ2v) is 3.71. The summed E-state index contributed by atoms with van der Waals surface area (Å²) in [6, 6.07) is -0.618. The lowest BCUT2D eigenvalue weighted by Crippen LogP contribution is -2.42. The van der Waals surface area contributed by atoms with Crippen molar-refractivity contribution in [2.75, 3.05) is 0 Å². The molecule has 1 amide bonds. The second kappa shape index (κ2) is 4.62. The lowest BCUT2D eigenvalue weighted by atomic mass is 10.3. The zero-order valence-corrected chi connectivity index (χ0v) is 7.38. The van der Waals surface area contributed by atoms with Gasteiger partial charge in [-0.3, -0.25) is 4.79 Å². The van der Waals surface area contributed by atoms with E-state index in [9.17, 15) is 4.79 Å². The van der Waals surface area contributed by atoms with Crippen LogP contribution in [0.1, 0.15) is 13.8 Å². The predicted molar refractivity (Wildman–Crippen MR) is 42.6 cm³/mol. The fourth-order valence-corrected chi connectivity index (χ4v) is 0.638. The van der Waals surface area contributed by atoms with Crippen LogP contribution in [0.4, 0.5) is 0 Å². The van der Waals surface area contributed by atoms with Gasteiger partial charge in [-0.05, 0) is 13.8 Å². The number of rotatable bonds is 3. The Morgan fingerprint density at radius 3 is 2.27 bits per heavy atom. The average molecular weight is 180 g/mol. The van der Waals surface area contributed by atoms with E-state index in [1.54, 1.807) is 0 Å². The largest absolute Gasteiger partial charge is 0.349 e. The molecule has 0 bridgehead atoms. The summed E-state index contributed by atoms with van der Waals surface area (Å²) in [5, 5.41) is 2.34. The summed E-state index contributed by atoms with van der Waals surface area (Å²) in [7, 11) is -2.11. The summed E-state index contributed by atoms with van der Waals surface area (Å²) in [6.45, 7) is 3.03. The van der Waals surface area contributed by atoms with E-state index in [4.69, 9.17) is 15.5 Å². The third-order valence-electron chi connectivity index (χ3n) is 1.11. The van der Waals surface area contributed by atoms with Crippen molar-refractivity contribution in [3.05, 3.63) is 0 Å². The summed E-state index contributed by atoms with van der Waals surface area (Å²) in [4.78, 5) is 28.0. The van der Waals surface area contributed by atoms with E-state index in [1.807, 2.05) is 0 Å². The molecule has 0 aromatic carbocycles. The van der Waals surface area contributed by atoms with Crippen LogP contribution in [0.25, 0.3) is 0 Å². The van der Waals surface area contributed by atoms with Crippen molar-refractivity contribution in [2.45, 2.75) is 25.7 Å². The van der Waals surface area contributed by atoms with Crippen LogP contribution in [0.15, 0.2) is 0 Å². The van der Waals surface area contributed by atoms with Gasteiger partial charge in [0.05, 0.1) is 11.8 Å². The van der Waals surface area contributed by atoms with Crippen LogP contribution < -0.4 is 11.1 Å². The van der Waals surface area contributed by atoms with Gasteiger partial charge in [-0.25, -0.2) is 0 Å². The molecule has 0 unspecified atom stereocenters. The summed E-state index contributed by atoms with van der Waals surface area (Å²) in [5.41, 5.74) is 5.22. The lowest BCUT2D eigenvalue weighted by Gasteiger charge is -2.15. The molecule has 5 N–H and O–H groups in total. The van der Waals surface area contributed by atoms with Crippen LogP contribution in [0.5, 0.6) is 0 Å². The summed E-state index contributed by atoms with van der Waals surface area (Å²) in [6.07, 6.45) is 0. The van der Waals surface area contributed by atoms with E-state index in [0.29, 0.717) is 0 Å². The molecule has 0 heterocycles. The van der Waals surface area contributed by atoms with Crippen LogP contribution in [-0.4, -0.2) is 27.5 Å². The molecule has 0 saturated heterocycles. The molecule has 0 radical (unpaired) electrons. The van der Waals surface area contributed by atoms with Crippen molar-refractivity contribution in [2.24, 2.45) is 5.73 Å². The van der Waals surface area contributed by atoms with Gasteiger partial charge in [0.15, 0.2) is 8.38 Å². The van der Waals surface area contributed by atoms with E-state index in [1.165, 1.54) is 13.8 Å². The molecule has 0 aliphatic heterocycles. The first-order chi connectivity index (χ1) is 4.95. The fraction of sp³-hybridized carbons (Fsp3) is 0.800. The smallest absolute Gasteiger partial charge is 0.237 e. The predicted octanol–water partition coefficient (Wildman–Crippen LogP) is -0.908. The first-order valence-electron chi connectivity index (χ1n) is 3.18. The van der Waals surface area contributed by atoms with Crippen molar-refractivity contribution < 1.29 is 14.6 Å². The SMILES string of the molecule is C[C@H](N)C(=O)N[C@H](C)P(O)O. The maximum atomic E-state index is 10.8. The molecule has 0 fully saturated rings. The molecule has 2 atom stereocenters. The third kappa shape index (κ3) is 4.27. The van der Waals surface area contributed by atoms with Crippen LogP contribution in [-0.2, 0) is 4.79 Å². The van der Waals surface area contributed by atoms with Gasteiger partial charge in [-0.1, -0.05) is 0 Å². The van der Waals surface area contributed by atoms with Crippen LogP contribution >= 0.6 is 8.38 Å². The molecule has 11 heavy (non-hydrogen) atoms. The number of amides is 1. The third-order valence-corrected chi connectivity index (χ3v) is 1.93. The molecule has 0 rings (SSSR count). The average Bonchev–Trinajstić information content (AvgIpc) is 1.87. The number of hydrogen-bond donors (Lipinski definition) is 4. The number of carbonyl (C=O) groups is 1. The van der Waals surface area contributed by atoms with Crippen molar-refractivity contribution in [3.8, 4) is 0 Å². The Balaban J connectivity index is 3.76. The molecular weight excluding hydrogens is 167 g/mol. The Labute approximate surface area is 66.5 Å². The summed E-state index contributed by atoms with van der Waals surface area (Å²) >= 11 is 0. The van der Waals surface area contributed by atoms with E-state index in [0.717, 1.165) is 0 Å². The van der Waals surface area contributed by atoms with Gasteiger partial charge in [0.1, 0.15) is 0 Å². The van der Waals surface area contributed by atoms with E-state index in [2.05, 4.69) is 5.32 Å². The van der Waals surface area contributed by atoms with Gasteiger partial charge in [0.2, 0.25) is 5.91 Å². The molecular formula is C5H13N2O3P. The van der Waals surface area contributed by atoms with E-state index >= 15 is 0 Å². The Morgan fingerprint density at radius 1 is 1.55 bits per heavy atom. The van der Waals surface area contributed by atoms with Crippen LogP contribution in [0.3, 0.4) is 0 Å². The highest BCUT2D eigenvalue weighted by Crippen LogP contribution is 2.27. The molecule has 0 aromatic rings. The highest BCUT2D eigenvalue weighted by Gasteiger charge is 2.16. The molecule has 0 aliphatic carbocycles. The Kier molecular flexibility index (Phi) is 4.52. The molecule has 0 saturated carbocycles. The fourth-order valence-electron chi connectivity index (χ4n) is 0.395. The van der Waals surface area contributed by atoms with Crippen LogP contribution in [0, 0.1) is 0 Å². The van der Waals surface area contributed by atoms with Crippen molar-refractivity contribution in [3.63, 3.8) is 0 Å². The van der Waals surface area contributed by atoms with Crippen molar-refractivity contribution in [1.82, 2.24) is 5.32 Å². The van der Waals surface area contributed by atoms with Gasteiger partial charge in [0.25, 0.3) is 0 Å². The first-order valence-corrected chi connectivity index (χ1v) is 4.49. The second-order valence-electron chi connectivity index (χ2n) is 2.29. The highest BCUT2D eigenvalue weighted by atomic mass is 31.2. The number of nitrogens with two attached hydrogens (primary N) is 1. The topological polar surface area (TPSA) is 95.6 Å². The highest BCUT2D eigenvalue weighted by molar-refractivity contribution is 7.45. The molecule has 66 valence electrons. The summed E-state index contributed by atoms with van der Waals surface area (Å²) in [5.74, 6) is -1.00. The van der Waals surface area contributed by atoms with Gasteiger partial charge in [0, 0.05) is 0 Å². The maximum absolute atomic E-state index is 10.8. The first kappa shape index (κ1) is 10.8.